The average molecular weight is 458 g/mol. The van der Waals surface area contributed by atoms with Gasteiger partial charge < -0.3 is 21.5 Å². The number of nitrogens with zero attached hydrogens (tertiary/aromatic N) is 2. The fourth-order valence-corrected chi connectivity index (χ4v) is 4.15. The number of hydrogen-bond acceptors (Lipinski definition) is 5. The number of carbonyl (C=O) groups excluding carboxylic acids is 1. The highest BCUT2D eigenvalue weighted by Crippen LogP contribution is 2.35. The zero-order valence-corrected chi connectivity index (χ0v) is 18.8. The van der Waals surface area contributed by atoms with Gasteiger partial charge in [-0.1, -0.05) is 53.8 Å². The predicted molar refractivity (Wildman–Crippen MR) is 133 cm³/mol. The summed E-state index contributed by atoms with van der Waals surface area (Å²) in [6.45, 7) is 2.37. The number of nitrogens with one attached hydrogen (secondary N) is 1. The molecule has 1 heterocycles. The van der Waals surface area contributed by atoms with Crippen LogP contribution in [-0.2, 0) is 6.61 Å². The Hall–Kier alpha value is -4.17. The van der Waals surface area contributed by atoms with Crippen LogP contribution in [0.1, 0.15) is 21.6 Å². The number of aliphatic imine (C=N–C) groups is 1. The third kappa shape index (κ3) is 5.75. The molecule has 0 unspecified atom stereocenters. The van der Waals surface area contributed by atoms with Gasteiger partial charge in [0.05, 0.1) is 10.6 Å². The average Bonchev–Trinajstić information content (AvgIpc) is 3.18. The lowest BCUT2D eigenvalue weighted by Crippen LogP contribution is -2.21. The van der Waals surface area contributed by atoms with E-state index in [4.69, 9.17) is 16.2 Å². The molecule has 0 aliphatic heterocycles. The van der Waals surface area contributed by atoms with Crippen molar-refractivity contribution >= 4 is 34.0 Å². The molecule has 0 fully saturated rings. The van der Waals surface area contributed by atoms with Crippen LogP contribution in [-0.4, -0.2) is 16.9 Å². The number of anilines is 1. The first-order valence-electron chi connectivity index (χ1n) is 10.2. The van der Waals surface area contributed by atoms with Crippen molar-refractivity contribution in [1.82, 2.24) is 4.98 Å². The van der Waals surface area contributed by atoms with Crippen molar-refractivity contribution in [3.05, 3.63) is 95.7 Å². The molecule has 0 aliphatic carbocycles. The number of amides is 1. The first kappa shape index (κ1) is 22.0. The molecule has 0 spiro atoms. The van der Waals surface area contributed by atoms with E-state index in [1.54, 1.807) is 24.3 Å². The number of benzene rings is 3. The van der Waals surface area contributed by atoms with Crippen molar-refractivity contribution in [2.75, 3.05) is 5.32 Å². The highest BCUT2D eigenvalue weighted by molar-refractivity contribution is 7.18. The van der Waals surface area contributed by atoms with Gasteiger partial charge in [-0.25, -0.2) is 4.98 Å². The van der Waals surface area contributed by atoms with Crippen molar-refractivity contribution in [2.45, 2.75) is 13.5 Å². The van der Waals surface area contributed by atoms with Crippen LogP contribution in [0.3, 0.4) is 0 Å². The molecule has 8 heteroatoms. The quantitative estimate of drug-likeness (QED) is 0.271. The van der Waals surface area contributed by atoms with Crippen molar-refractivity contribution < 1.29 is 9.53 Å². The maximum atomic E-state index is 12.7. The molecule has 3 aromatic carbocycles. The first-order valence-corrected chi connectivity index (χ1v) is 11.1. The summed E-state index contributed by atoms with van der Waals surface area (Å²) in [6.07, 6.45) is 0. The number of aryl methyl sites for hydroxylation is 1. The molecule has 1 amide bonds. The van der Waals surface area contributed by atoms with Crippen LogP contribution in [0.25, 0.3) is 10.4 Å². The summed E-state index contributed by atoms with van der Waals surface area (Å²) in [4.78, 5) is 22.1. The Morgan fingerprint density at radius 2 is 1.79 bits per heavy atom. The minimum absolute atomic E-state index is 0.0344. The lowest BCUT2D eigenvalue weighted by Gasteiger charge is -2.09. The highest BCUT2D eigenvalue weighted by Gasteiger charge is 2.12. The van der Waals surface area contributed by atoms with E-state index in [-0.39, 0.29) is 11.9 Å². The molecule has 0 aliphatic rings. The summed E-state index contributed by atoms with van der Waals surface area (Å²) >= 11 is 1.38. The number of rotatable bonds is 7. The van der Waals surface area contributed by atoms with Gasteiger partial charge in [0.25, 0.3) is 5.91 Å². The van der Waals surface area contributed by atoms with Gasteiger partial charge in [0, 0.05) is 11.3 Å². The van der Waals surface area contributed by atoms with Gasteiger partial charge in [-0.2, -0.15) is 4.99 Å². The number of carbonyl (C=O) groups is 1. The molecular weight excluding hydrogens is 434 g/mol. The molecular formula is C25H23N5O2S. The second-order valence-electron chi connectivity index (χ2n) is 7.28. The summed E-state index contributed by atoms with van der Waals surface area (Å²) in [5.41, 5.74) is 14.9. The Morgan fingerprint density at radius 1 is 1.03 bits per heavy atom. The van der Waals surface area contributed by atoms with Gasteiger partial charge in [0.15, 0.2) is 5.96 Å². The summed E-state index contributed by atoms with van der Waals surface area (Å²) in [6, 6.07) is 24.6. The van der Waals surface area contributed by atoms with Crippen molar-refractivity contribution in [2.24, 2.45) is 16.5 Å². The normalized spacial score (nSPS) is 10.5. The summed E-state index contributed by atoms with van der Waals surface area (Å²) in [5.74, 6) is 0.464. The van der Waals surface area contributed by atoms with Gasteiger partial charge in [0.2, 0.25) is 5.13 Å². The standard InChI is InChI=1S/C25H23N5O2S/c1-16-22(33-25(28-16)30-24(26)27)19-8-5-9-20(14-19)29-23(31)18-10-12-21(13-11-18)32-15-17-6-3-2-4-7-17/h2-14H,15H2,1H3,(H,29,31)(H4,26,27,28,30). The van der Waals surface area contributed by atoms with Crippen LogP contribution < -0.4 is 21.5 Å². The van der Waals surface area contributed by atoms with E-state index in [0.29, 0.717) is 28.7 Å². The van der Waals surface area contributed by atoms with Crippen LogP contribution in [0.15, 0.2) is 83.9 Å². The molecule has 0 saturated heterocycles. The molecule has 0 atom stereocenters. The fraction of sp³-hybridized carbons (Fsp3) is 0.0800. The number of aromatic nitrogens is 1. The number of hydrogen-bond donors (Lipinski definition) is 3. The third-order valence-electron chi connectivity index (χ3n) is 4.76. The fourth-order valence-electron chi connectivity index (χ4n) is 3.19. The zero-order chi connectivity index (χ0) is 23.2. The van der Waals surface area contributed by atoms with E-state index >= 15 is 0 Å². The topological polar surface area (TPSA) is 116 Å². The summed E-state index contributed by atoms with van der Waals surface area (Å²) in [7, 11) is 0. The molecule has 5 N–H and O–H groups in total. The van der Waals surface area contributed by atoms with E-state index in [9.17, 15) is 4.79 Å². The van der Waals surface area contributed by atoms with Crippen molar-refractivity contribution in [1.29, 1.82) is 0 Å². The van der Waals surface area contributed by atoms with Gasteiger partial charge >= 0.3 is 0 Å². The largest absolute Gasteiger partial charge is 0.489 e. The van der Waals surface area contributed by atoms with Crippen LogP contribution in [0.2, 0.25) is 0 Å². The maximum Gasteiger partial charge on any atom is 0.255 e. The van der Waals surface area contributed by atoms with Crippen LogP contribution in [0.5, 0.6) is 5.75 Å². The lowest BCUT2D eigenvalue weighted by molar-refractivity contribution is 0.102. The van der Waals surface area contributed by atoms with Crippen molar-refractivity contribution in [3.8, 4) is 16.2 Å². The van der Waals surface area contributed by atoms with Crippen LogP contribution in [0.4, 0.5) is 10.8 Å². The Bertz CT molecular complexity index is 1280. The SMILES string of the molecule is Cc1nc(N=C(N)N)sc1-c1cccc(NC(=O)c2ccc(OCc3ccccc3)cc2)c1. The molecule has 7 nitrogen and oxygen atoms in total. The molecule has 0 bridgehead atoms. The predicted octanol–water partition coefficient (Wildman–Crippen LogP) is 4.85. The minimum Gasteiger partial charge on any atom is -0.489 e. The summed E-state index contributed by atoms with van der Waals surface area (Å²) in [5, 5.41) is 3.43. The monoisotopic (exact) mass is 457 g/mol. The van der Waals surface area contributed by atoms with E-state index in [0.717, 1.165) is 21.7 Å². The molecule has 33 heavy (non-hydrogen) atoms. The zero-order valence-electron chi connectivity index (χ0n) is 18.0. The van der Waals surface area contributed by atoms with Gasteiger partial charge in [-0.3, -0.25) is 4.79 Å². The smallest absolute Gasteiger partial charge is 0.255 e. The molecule has 166 valence electrons. The van der Waals surface area contributed by atoms with Crippen molar-refractivity contribution in [3.63, 3.8) is 0 Å². The Morgan fingerprint density at radius 3 is 2.52 bits per heavy atom. The summed E-state index contributed by atoms with van der Waals surface area (Å²) < 4.78 is 5.79. The number of thiazole rings is 1. The minimum atomic E-state index is -0.205. The van der Waals surface area contributed by atoms with Crippen LogP contribution >= 0.6 is 11.3 Å². The highest BCUT2D eigenvalue weighted by atomic mass is 32.1. The number of nitrogens with two attached hydrogens (primary N) is 2. The Labute approximate surface area is 195 Å². The Balaban J connectivity index is 1.42. The van der Waals surface area contributed by atoms with E-state index < -0.39 is 0 Å². The van der Waals surface area contributed by atoms with Crippen LogP contribution in [0, 0.1) is 6.92 Å². The number of ether oxygens (including phenoxy) is 1. The van der Waals surface area contributed by atoms with Gasteiger partial charge in [0.1, 0.15) is 12.4 Å². The lowest BCUT2D eigenvalue weighted by atomic mass is 10.1. The van der Waals surface area contributed by atoms with Gasteiger partial charge in [-0.15, -0.1) is 0 Å². The molecule has 1 aromatic heterocycles. The molecule has 0 radical (unpaired) electrons. The Kier molecular flexibility index (Phi) is 6.66. The third-order valence-corrected chi connectivity index (χ3v) is 5.86. The number of guanidine groups is 1. The molecule has 4 rings (SSSR count). The van der Waals surface area contributed by atoms with E-state index in [1.807, 2.05) is 61.5 Å². The van der Waals surface area contributed by atoms with E-state index in [2.05, 4.69) is 15.3 Å². The second kappa shape index (κ2) is 9.97. The molecule has 0 saturated carbocycles. The molecule has 4 aromatic rings. The van der Waals surface area contributed by atoms with Gasteiger partial charge in [-0.05, 0) is 54.4 Å². The maximum absolute atomic E-state index is 12.7. The van der Waals surface area contributed by atoms with E-state index in [1.165, 1.54) is 11.3 Å². The second-order valence-corrected chi connectivity index (χ2v) is 8.26. The first-order chi connectivity index (χ1) is 16.0.